The molecule has 1 rings (SSSR count). The van der Waals surface area contributed by atoms with Gasteiger partial charge in [0.15, 0.2) is 0 Å². The van der Waals surface area contributed by atoms with Crippen LogP contribution in [0.25, 0.3) is 0 Å². The molecule has 4 heteroatoms. The summed E-state index contributed by atoms with van der Waals surface area (Å²) in [4.78, 5) is 0. The molecule has 0 amide bonds. The molecular weight excluding hydrogens is 106 g/mol. The van der Waals surface area contributed by atoms with Crippen LogP contribution in [-0.2, 0) is 4.74 Å². The topological polar surface area (TPSA) is 48.4 Å². The Labute approximate surface area is 47.9 Å². The maximum Gasteiger partial charge on any atom is 0.299 e. The predicted molar refractivity (Wildman–Crippen MR) is 29.4 cm³/mol. The molecule has 0 bridgehead atoms. The second-order valence-corrected chi connectivity index (χ2v) is 1.53. The van der Waals surface area contributed by atoms with Gasteiger partial charge in [0.05, 0.1) is 6.54 Å². The smallest absolute Gasteiger partial charge is 0.299 e. The summed E-state index contributed by atoms with van der Waals surface area (Å²) in [7, 11) is 1.77. The highest BCUT2D eigenvalue weighted by Crippen LogP contribution is 1.94. The Hall–Kier alpha value is -0.770. The summed E-state index contributed by atoms with van der Waals surface area (Å²) in [6, 6.07) is 0.215. The Balaban J connectivity index is 2.42. The lowest BCUT2D eigenvalue weighted by Gasteiger charge is -2.10. The number of amidine groups is 1. The molecule has 46 valence electrons. The molecule has 4 nitrogen and oxygen atoms in total. The molecule has 0 aromatic rings. The zero-order chi connectivity index (χ0) is 5.98. The van der Waals surface area contributed by atoms with E-state index in [-0.39, 0.29) is 6.02 Å². The first-order valence-corrected chi connectivity index (χ1v) is 2.51. The minimum Gasteiger partial charge on any atom is -0.462 e. The predicted octanol–water partition coefficient (Wildman–Crippen LogP) is -0.612. The summed E-state index contributed by atoms with van der Waals surface area (Å²) in [5, 5.41) is 8.69. The van der Waals surface area contributed by atoms with Crippen LogP contribution in [-0.4, -0.2) is 31.2 Å². The lowest BCUT2D eigenvalue weighted by atomic mass is 10.7. The number of rotatable bonds is 1. The third-order valence-corrected chi connectivity index (χ3v) is 1.07. The van der Waals surface area contributed by atoms with E-state index in [1.165, 1.54) is 0 Å². The molecule has 8 heavy (non-hydrogen) atoms. The van der Waals surface area contributed by atoms with Gasteiger partial charge in [0.25, 0.3) is 6.02 Å². The number of hydrogen-bond acceptors (Lipinski definition) is 3. The van der Waals surface area contributed by atoms with Crippen LogP contribution in [0.4, 0.5) is 0 Å². The maximum atomic E-state index is 7.05. The largest absolute Gasteiger partial charge is 0.462 e. The standard InChI is InChI=1S/C4H9N3O/c1-6-7-2-3-8-4(7)5/h5-6H,2-3H2,1H3. The van der Waals surface area contributed by atoms with Gasteiger partial charge >= 0.3 is 0 Å². The molecule has 0 unspecified atom stereocenters. The number of nitrogens with zero attached hydrogens (tertiary/aromatic N) is 1. The number of hydrazine groups is 1. The van der Waals surface area contributed by atoms with Crippen LogP contribution in [0.1, 0.15) is 0 Å². The highest BCUT2D eigenvalue weighted by atomic mass is 16.5. The first-order chi connectivity index (χ1) is 3.84. The van der Waals surface area contributed by atoms with Gasteiger partial charge in [-0.1, -0.05) is 0 Å². The molecule has 1 aliphatic heterocycles. The normalized spacial score (nSPS) is 19.1. The molecule has 2 N–H and O–H groups in total. The van der Waals surface area contributed by atoms with E-state index >= 15 is 0 Å². The lowest BCUT2D eigenvalue weighted by Crippen LogP contribution is -2.35. The fourth-order valence-corrected chi connectivity index (χ4v) is 0.626. The van der Waals surface area contributed by atoms with Crippen LogP contribution in [0.15, 0.2) is 0 Å². The summed E-state index contributed by atoms with van der Waals surface area (Å²) in [6.45, 7) is 1.40. The fraction of sp³-hybridized carbons (Fsp3) is 0.750. The third-order valence-electron chi connectivity index (χ3n) is 1.07. The van der Waals surface area contributed by atoms with Gasteiger partial charge < -0.3 is 4.74 Å². The Morgan fingerprint density at radius 3 is 2.88 bits per heavy atom. The van der Waals surface area contributed by atoms with Crippen molar-refractivity contribution in [2.24, 2.45) is 0 Å². The number of ether oxygens (including phenoxy) is 1. The van der Waals surface area contributed by atoms with Crippen molar-refractivity contribution in [3.05, 3.63) is 0 Å². The van der Waals surface area contributed by atoms with E-state index in [1.54, 1.807) is 12.1 Å². The quantitative estimate of drug-likeness (QED) is 0.479. The van der Waals surface area contributed by atoms with E-state index in [2.05, 4.69) is 5.43 Å². The zero-order valence-corrected chi connectivity index (χ0v) is 4.77. The Morgan fingerprint density at radius 2 is 2.62 bits per heavy atom. The fourth-order valence-electron chi connectivity index (χ4n) is 0.626. The van der Waals surface area contributed by atoms with E-state index in [4.69, 9.17) is 10.1 Å². The highest BCUT2D eigenvalue weighted by Gasteiger charge is 2.15. The molecule has 0 aromatic carbocycles. The van der Waals surface area contributed by atoms with E-state index < -0.39 is 0 Å². The SMILES string of the molecule is CNN1CCOC1=N. The molecule has 0 saturated carbocycles. The van der Waals surface area contributed by atoms with Gasteiger partial charge in [-0.15, -0.1) is 0 Å². The van der Waals surface area contributed by atoms with E-state index in [9.17, 15) is 0 Å². The van der Waals surface area contributed by atoms with Gasteiger partial charge in [0, 0.05) is 7.05 Å². The van der Waals surface area contributed by atoms with Gasteiger partial charge in [0.2, 0.25) is 0 Å². The van der Waals surface area contributed by atoms with E-state index in [0.717, 1.165) is 6.54 Å². The summed E-state index contributed by atoms with van der Waals surface area (Å²) >= 11 is 0. The van der Waals surface area contributed by atoms with Crippen molar-refractivity contribution < 1.29 is 4.74 Å². The molecule has 0 aromatic heterocycles. The van der Waals surface area contributed by atoms with Crippen molar-refractivity contribution in [3.8, 4) is 0 Å². The minimum absolute atomic E-state index is 0.215. The molecule has 0 radical (unpaired) electrons. The van der Waals surface area contributed by atoms with Gasteiger partial charge in [-0.3, -0.25) is 10.4 Å². The minimum atomic E-state index is 0.215. The number of nitrogens with one attached hydrogen (secondary N) is 2. The van der Waals surface area contributed by atoms with Crippen molar-refractivity contribution in [3.63, 3.8) is 0 Å². The lowest BCUT2D eigenvalue weighted by molar-refractivity contribution is 0.343. The van der Waals surface area contributed by atoms with Crippen molar-refractivity contribution in [2.75, 3.05) is 20.2 Å². The van der Waals surface area contributed by atoms with Crippen LogP contribution in [0.2, 0.25) is 0 Å². The van der Waals surface area contributed by atoms with E-state index in [1.807, 2.05) is 0 Å². The first-order valence-electron chi connectivity index (χ1n) is 2.51. The maximum absolute atomic E-state index is 7.05. The van der Waals surface area contributed by atoms with Crippen molar-refractivity contribution in [2.45, 2.75) is 0 Å². The summed E-state index contributed by atoms with van der Waals surface area (Å²) < 4.78 is 4.80. The summed E-state index contributed by atoms with van der Waals surface area (Å²) in [5.74, 6) is 0. The molecule has 1 heterocycles. The van der Waals surface area contributed by atoms with Crippen molar-refractivity contribution >= 4 is 6.02 Å². The second kappa shape index (κ2) is 2.00. The molecule has 1 saturated heterocycles. The Morgan fingerprint density at radius 1 is 1.88 bits per heavy atom. The average Bonchev–Trinajstić information content (AvgIpc) is 2.14. The average molecular weight is 115 g/mol. The number of hydrogen-bond donors (Lipinski definition) is 2. The van der Waals surface area contributed by atoms with Crippen LogP contribution >= 0.6 is 0 Å². The van der Waals surface area contributed by atoms with Gasteiger partial charge in [-0.2, -0.15) is 0 Å². The molecule has 0 spiro atoms. The van der Waals surface area contributed by atoms with Gasteiger partial charge in [0.1, 0.15) is 6.61 Å². The monoisotopic (exact) mass is 115 g/mol. The molecular formula is C4H9N3O. The first kappa shape index (κ1) is 5.37. The molecule has 0 aliphatic carbocycles. The Kier molecular flexibility index (Phi) is 1.34. The van der Waals surface area contributed by atoms with Gasteiger partial charge in [-0.25, -0.2) is 5.43 Å². The molecule has 0 atom stereocenters. The highest BCUT2D eigenvalue weighted by molar-refractivity contribution is 5.71. The molecule has 1 aliphatic rings. The van der Waals surface area contributed by atoms with Gasteiger partial charge in [-0.05, 0) is 0 Å². The summed E-state index contributed by atoms with van der Waals surface area (Å²) in [5.41, 5.74) is 2.80. The third kappa shape index (κ3) is 0.742. The van der Waals surface area contributed by atoms with Crippen molar-refractivity contribution in [1.82, 2.24) is 10.4 Å². The van der Waals surface area contributed by atoms with Crippen LogP contribution in [0, 0.1) is 5.41 Å². The van der Waals surface area contributed by atoms with Crippen LogP contribution < -0.4 is 5.43 Å². The van der Waals surface area contributed by atoms with E-state index in [0.29, 0.717) is 6.61 Å². The Bertz CT molecular complexity index is 103. The zero-order valence-electron chi connectivity index (χ0n) is 4.77. The molecule has 1 fully saturated rings. The van der Waals surface area contributed by atoms with Crippen LogP contribution in [0.3, 0.4) is 0 Å². The summed E-state index contributed by atoms with van der Waals surface area (Å²) in [6.07, 6.45) is 0. The van der Waals surface area contributed by atoms with Crippen molar-refractivity contribution in [1.29, 1.82) is 5.41 Å². The van der Waals surface area contributed by atoms with Crippen LogP contribution in [0.5, 0.6) is 0 Å². The second-order valence-electron chi connectivity index (χ2n) is 1.53.